The number of nitrogens with two attached hydrogens (primary N) is 1. The molecule has 0 bridgehead atoms. The lowest BCUT2D eigenvalue weighted by Crippen LogP contribution is -2.47. The molecule has 0 spiro atoms. The number of aromatic nitrogens is 1. The van der Waals surface area contributed by atoms with E-state index >= 15 is 0 Å². The Morgan fingerprint density at radius 1 is 1.25 bits per heavy atom. The van der Waals surface area contributed by atoms with Gasteiger partial charge in [-0.05, 0) is 30.9 Å². The molecule has 2 amide bonds. The van der Waals surface area contributed by atoms with Gasteiger partial charge < -0.3 is 21.1 Å². The van der Waals surface area contributed by atoms with Crippen molar-refractivity contribution in [2.75, 3.05) is 25.1 Å². The molecular weight excluding hydrogens is 355 g/mol. The fourth-order valence-corrected chi connectivity index (χ4v) is 2.36. The summed E-state index contributed by atoms with van der Waals surface area (Å²) in [5, 5.41) is 5.45. The standard InChI is InChI=1S/C15H22N4O3.2ClH/c16-14(11-4-9-22-10-5-11)15(21)18-8-3-13(20)19-12-1-6-17-7-2-12;;/h1-2,6-7,11,14H,3-5,8-10,16H2,(H,18,21)(H,17,19,20);2*1H. The van der Waals surface area contributed by atoms with E-state index in [9.17, 15) is 9.59 Å². The van der Waals surface area contributed by atoms with Crippen molar-refractivity contribution >= 4 is 42.3 Å². The molecule has 0 radical (unpaired) electrons. The predicted octanol–water partition coefficient (Wildman–Crippen LogP) is 1.12. The van der Waals surface area contributed by atoms with E-state index in [2.05, 4.69) is 15.6 Å². The lowest BCUT2D eigenvalue weighted by Gasteiger charge is -2.26. The van der Waals surface area contributed by atoms with Gasteiger partial charge in [0, 0.05) is 44.3 Å². The van der Waals surface area contributed by atoms with Crippen molar-refractivity contribution in [2.24, 2.45) is 11.7 Å². The number of nitrogens with zero attached hydrogens (tertiary/aromatic N) is 1. The van der Waals surface area contributed by atoms with Crippen LogP contribution in [-0.4, -0.2) is 42.6 Å². The van der Waals surface area contributed by atoms with E-state index in [0.717, 1.165) is 12.8 Å². The summed E-state index contributed by atoms with van der Waals surface area (Å²) >= 11 is 0. The smallest absolute Gasteiger partial charge is 0.237 e. The van der Waals surface area contributed by atoms with Gasteiger partial charge in [-0.1, -0.05) is 0 Å². The lowest BCUT2D eigenvalue weighted by atomic mass is 9.92. The second-order valence-corrected chi connectivity index (χ2v) is 5.30. The minimum absolute atomic E-state index is 0. The highest BCUT2D eigenvalue weighted by Crippen LogP contribution is 2.17. The molecule has 2 rings (SSSR count). The highest BCUT2D eigenvalue weighted by molar-refractivity contribution is 5.91. The number of amides is 2. The molecule has 1 aliphatic heterocycles. The van der Waals surface area contributed by atoms with Gasteiger partial charge in [0.05, 0.1) is 6.04 Å². The van der Waals surface area contributed by atoms with Crippen LogP contribution in [-0.2, 0) is 14.3 Å². The third kappa shape index (κ3) is 7.44. The summed E-state index contributed by atoms with van der Waals surface area (Å²) in [6.07, 6.45) is 5.01. The molecule has 1 aromatic rings. The van der Waals surface area contributed by atoms with E-state index in [4.69, 9.17) is 10.5 Å². The first-order valence-corrected chi connectivity index (χ1v) is 7.47. The Balaban J connectivity index is 0.00000264. The fraction of sp³-hybridized carbons (Fsp3) is 0.533. The third-order valence-corrected chi connectivity index (χ3v) is 3.69. The molecule has 1 atom stereocenters. The van der Waals surface area contributed by atoms with Crippen LogP contribution in [0.2, 0.25) is 0 Å². The van der Waals surface area contributed by atoms with Crippen LogP contribution in [0.5, 0.6) is 0 Å². The summed E-state index contributed by atoms with van der Waals surface area (Å²) in [5.41, 5.74) is 6.64. The van der Waals surface area contributed by atoms with Crippen molar-refractivity contribution in [2.45, 2.75) is 25.3 Å². The summed E-state index contributed by atoms with van der Waals surface area (Å²) < 4.78 is 5.25. The maximum atomic E-state index is 12.0. The Morgan fingerprint density at radius 2 is 1.88 bits per heavy atom. The summed E-state index contributed by atoms with van der Waals surface area (Å²) in [6.45, 7) is 1.58. The van der Waals surface area contributed by atoms with Crippen LogP contribution in [0.25, 0.3) is 0 Å². The minimum Gasteiger partial charge on any atom is -0.381 e. The number of rotatable bonds is 6. The molecular formula is C15H24Cl2N4O3. The normalized spacial score (nSPS) is 15.4. The molecule has 0 saturated carbocycles. The molecule has 1 unspecified atom stereocenters. The largest absolute Gasteiger partial charge is 0.381 e. The van der Waals surface area contributed by atoms with E-state index in [1.807, 2.05) is 0 Å². The molecule has 2 heterocycles. The molecule has 0 aliphatic carbocycles. The second-order valence-electron chi connectivity index (χ2n) is 5.30. The molecule has 1 aromatic heterocycles. The van der Waals surface area contributed by atoms with E-state index in [0.29, 0.717) is 18.9 Å². The number of nitrogens with one attached hydrogen (secondary N) is 2. The van der Waals surface area contributed by atoms with Crippen molar-refractivity contribution in [1.82, 2.24) is 10.3 Å². The SMILES string of the molecule is Cl.Cl.NC(C(=O)NCCC(=O)Nc1ccncc1)C1CCOCC1. The Labute approximate surface area is 153 Å². The van der Waals surface area contributed by atoms with Crippen LogP contribution in [0, 0.1) is 5.92 Å². The number of pyridine rings is 1. The Bertz CT molecular complexity index is 499. The average molecular weight is 379 g/mol. The number of carbonyl (C=O) groups excluding carboxylic acids is 2. The molecule has 7 nitrogen and oxygen atoms in total. The van der Waals surface area contributed by atoms with Gasteiger partial charge in [-0.25, -0.2) is 0 Å². The fourth-order valence-electron chi connectivity index (χ4n) is 2.36. The maximum Gasteiger partial charge on any atom is 0.237 e. The van der Waals surface area contributed by atoms with Crippen LogP contribution in [0.1, 0.15) is 19.3 Å². The quantitative estimate of drug-likeness (QED) is 0.687. The number of ether oxygens (including phenoxy) is 1. The number of halogens is 2. The third-order valence-electron chi connectivity index (χ3n) is 3.69. The number of carbonyl (C=O) groups is 2. The van der Waals surface area contributed by atoms with Gasteiger partial charge in [-0.15, -0.1) is 24.8 Å². The molecule has 4 N–H and O–H groups in total. The number of hydrogen-bond donors (Lipinski definition) is 3. The van der Waals surface area contributed by atoms with Crippen LogP contribution in [0.3, 0.4) is 0 Å². The molecule has 9 heteroatoms. The summed E-state index contributed by atoms with van der Waals surface area (Å²) in [6, 6.07) is 2.88. The first kappa shape index (κ1) is 22.6. The molecule has 1 saturated heterocycles. The van der Waals surface area contributed by atoms with Gasteiger partial charge in [0.15, 0.2) is 0 Å². The van der Waals surface area contributed by atoms with Crippen molar-refractivity contribution < 1.29 is 14.3 Å². The highest BCUT2D eigenvalue weighted by Gasteiger charge is 2.26. The first-order valence-electron chi connectivity index (χ1n) is 7.47. The van der Waals surface area contributed by atoms with Crippen LogP contribution in [0.15, 0.2) is 24.5 Å². The monoisotopic (exact) mass is 378 g/mol. The van der Waals surface area contributed by atoms with Crippen LogP contribution >= 0.6 is 24.8 Å². The van der Waals surface area contributed by atoms with Gasteiger partial charge in [0.1, 0.15) is 0 Å². The van der Waals surface area contributed by atoms with Gasteiger partial charge >= 0.3 is 0 Å². The van der Waals surface area contributed by atoms with Gasteiger partial charge in [0.2, 0.25) is 11.8 Å². The Morgan fingerprint density at radius 3 is 2.50 bits per heavy atom. The van der Waals surface area contributed by atoms with Gasteiger partial charge in [-0.2, -0.15) is 0 Å². The summed E-state index contributed by atoms with van der Waals surface area (Å²) in [7, 11) is 0. The van der Waals surface area contributed by atoms with E-state index < -0.39 is 6.04 Å². The summed E-state index contributed by atoms with van der Waals surface area (Å²) in [4.78, 5) is 27.6. The van der Waals surface area contributed by atoms with Crippen molar-refractivity contribution in [3.05, 3.63) is 24.5 Å². The van der Waals surface area contributed by atoms with Gasteiger partial charge in [0.25, 0.3) is 0 Å². The highest BCUT2D eigenvalue weighted by atomic mass is 35.5. The lowest BCUT2D eigenvalue weighted by molar-refractivity contribution is -0.124. The second kappa shape index (κ2) is 12.0. The van der Waals surface area contributed by atoms with Crippen LogP contribution in [0.4, 0.5) is 5.69 Å². The van der Waals surface area contributed by atoms with Crippen molar-refractivity contribution in [3.8, 4) is 0 Å². The van der Waals surface area contributed by atoms with Crippen LogP contribution < -0.4 is 16.4 Å². The predicted molar refractivity (Wildman–Crippen MR) is 96.5 cm³/mol. The number of anilines is 1. The van der Waals surface area contributed by atoms with E-state index in [-0.39, 0.29) is 55.5 Å². The zero-order valence-electron chi connectivity index (χ0n) is 13.3. The van der Waals surface area contributed by atoms with E-state index in [1.165, 1.54) is 0 Å². The maximum absolute atomic E-state index is 12.0. The zero-order valence-corrected chi connectivity index (χ0v) is 14.9. The zero-order chi connectivity index (χ0) is 15.8. The number of hydrogen-bond acceptors (Lipinski definition) is 5. The summed E-state index contributed by atoms with van der Waals surface area (Å²) in [5.74, 6) is -0.214. The molecule has 136 valence electrons. The molecule has 24 heavy (non-hydrogen) atoms. The minimum atomic E-state index is -0.535. The molecule has 0 aromatic carbocycles. The van der Waals surface area contributed by atoms with Crippen molar-refractivity contribution in [1.29, 1.82) is 0 Å². The van der Waals surface area contributed by atoms with E-state index in [1.54, 1.807) is 24.5 Å². The topological polar surface area (TPSA) is 106 Å². The van der Waals surface area contributed by atoms with Gasteiger partial charge in [-0.3, -0.25) is 14.6 Å². The first-order chi connectivity index (χ1) is 10.7. The average Bonchev–Trinajstić information content (AvgIpc) is 2.55. The van der Waals surface area contributed by atoms with Crippen molar-refractivity contribution in [3.63, 3.8) is 0 Å². The molecule has 1 aliphatic rings. The Hall–Kier alpha value is -1.41. The molecule has 1 fully saturated rings. The Kier molecular flexibility index (Phi) is 11.3.